The molecule has 2 unspecified atom stereocenters. The molecular weight excluding hydrogens is 136 g/mol. The third kappa shape index (κ3) is 1.21. The van der Waals surface area contributed by atoms with Crippen molar-refractivity contribution >= 4 is 0 Å². The molecule has 0 spiro atoms. The zero-order valence-electron chi connectivity index (χ0n) is 7.14. The quantitative estimate of drug-likeness (QED) is 0.524. The summed E-state index contributed by atoms with van der Waals surface area (Å²) in [5, 5.41) is 2.27. The summed E-state index contributed by atoms with van der Waals surface area (Å²) in [7, 11) is 2.15. The molecule has 0 aromatic rings. The largest absolute Gasteiger partial charge is 0.255 e. The Bertz CT molecular complexity index is 176. The fraction of sp³-hybridized carbons (Fsp3) is 0.778. The van der Waals surface area contributed by atoms with E-state index in [1.165, 1.54) is 24.8 Å². The molecule has 2 aliphatic rings. The van der Waals surface area contributed by atoms with Crippen LogP contribution in [0.2, 0.25) is 0 Å². The van der Waals surface area contributed by atoms with Gasteiger partial charge >= 0.3 is 0 Å². The molecule has 1 aliphatic heterocycles. The third-order valence-corrected chi connectivity index (χ3v) is 2.99. The minimum atomic E-state index is 0.778. The summed E-state index contributed by atoms with van der Waals surface area (Å²) < 4.78 is 0. The molecule has 0 aromatic carbocycles. The van der Waals surface area contributed by atoms with Gasteiger partial charge in [0.05, 0.1) is 0 Å². The summed E-state index contributed by atoms with van der Waals surface area (Å²) in [6.45, 7) is 5.21. The number of nitrogens with zero attached hydrogens (tertiary/aromatic N) is 1. The van der Waals surface area contributed by atoms with Gasteiger partial charge in [0, 0.05) is 19.6 Å². The van der Waals surface area contributed by atoms with Crippen LogP contribution >= 0.6 is 0 Å². The van der Waals surface area contributed by atoms with Crippen LogP contribution < -0.4 is 5.43 Å². The van der Waals surface area contributed by atoms with E-state index in [4.69, 9.17) is 0 Å². The normalized spacial score (nSPS) is 39.2. The number of fused-ring (bicyclic) bond motifs is 1. The van der Waals surface area contributed by atoms with Crippen LogP contribution in [0.1, 0.15) is 19.3 Å². The van der Waals surface area contributed by atoms with Crippen molar-refractivity contribution in [1.82, 2.24) is 10.4 Å². The van der Waals surface area contributed by atoms with Crippen molar-refractivity contribution in [2.45, 2.75) is 25.3 Å². The summed E-state index contributed by atoms with van der Waals surface area (Å²) in [5.74, 6) is 0.834. The van der Waals surface area contributed by atoms with Crippen molar-refractivity contribution < 1.29 is 0 Å². The van der Waals surface area contributed by atoms with E-state index in [2.05, 4.69) is 24.1 Å². The van der Waals surface area contributed by atoms with E-state index in [0.717, 1.165) is 18.5 Å². The van der Waals surface area contributed by atoms with Gasteiger partial charge in [-0.2, -0.15) is 0 Å². The molecule has 1 N–H and O–H groups in total. The van der Waals surface area contributed by atoms with Crippen LogP contribution in [0.25, 0.3) is 0 Å². The molecule has 2 rings (SSSR count). The Morgan fingerprint density at radius 1 is 1.64 bits per heavy atom. The van der Waals surface area contributed by atoms with Crippen molar-refractivity contribution in [3.63, 3.8) is 0 Å². The average Bonchev–Trinajstić information content (AvgIpc) is 2.32. The van der Waals surface area contributed by atoms with Gasteiger partial charge in [-0.1, -0.05) is 12.2 Å². The lowest BCUT2D eigenvalue weighted by Crippen LogP contribution is -2.35. The highest BCUT2D eigenvalue weighted by Gasteiger charge is 2.34. The first-order chi connectivity index (χ1) is 5.27. The molecule has 1 saturated carbocycles. The number of hydrazine groups is 1. The Morgan fingerprint density at radius 3 is 3.27 bits per heavy atom. The predicted molar refractivity (Wildman–Crippen MR) is 46.0 cm³/mol. The van der Waals surface area contributed by atoms with Gasteiger partial charge < -0.3 is 0 Å². The Kier molecular flexibility index (Phi) is 1.74. The summed E-state index contributed by atoms with van der Waals surface area (Å²) in [4.78, 5) is 0. The second-order valence-electron chi connectivity index (χ2n) is 3.79. The van der Waals surface area contributed by atoms with Crippen LogP contribution in [0.3, 0.4) is 0 Å². The minimum absolute atomic E-state index is 0.778. The van der Waals surface area contributed by atoms with Gasteiger partial charge in [0.2, 0.25) is 0 Å². The first-order valence-electron chi connectivity index (χ1n) is 4.40. The summed E-state index contributed by atoms with van der Waals surface area (Å²) >= 11 is 0. The molecule has 0 bridgehead atoms. The predicted octanol–water partition coefficient (Wildman–Crippen LogP) is 1.16. The molecule has 1 saturated heterocycles. The maximum absolute atomic E-state index is 4.05. The lowest BCUT2D eigenvalue weighted by molar-refractivity contribution is 0.196. The fourth-order valence-electron chi connectivity index (χ4n) is 2.29. The molecule has 0 amide bonds. The van der Waals surface area contributed by atoms with Crippen LogP contribution in [0.15, 0.2) is 12.2 Å². The molecular formula is C9H16N2. The second kappa shape index (κ2) is 2.61. The highest BCUT2D eigenvalue weighted by atomic mass is 15.5. The van der Waals surface area contributed by atoms with Crippen LogP contribution in [0.5, 0.6) is 0 Å². The zero-order valence-corrected chi connectivity index (χ0v) is 7.14. The monoisotopic (exact) mass is 152 g/mol. The molecule has 0 radical (unpaired) electrons. The van der Waals surface area contributed by atoms with E-state index >= 15 is 0 Å². The van der Waals surface area contributed by atoms with E-state index < -0.39 is 0 Å². The maximum atomic E-state index is 4.05. The Labute approximate surface area is 68.2 Å². The lowest BCUT2D eigenvalue weighted by atomic mass is 9.83. The van der Waals surface area contributed by atoms with Crippen molar-refractivity contribution in [2.75, 3.05) is 13.6 Å². The number of rotatable bonds is 0. The molecule has 1 aliphatic carbocycles. The molecule has 2 heteroatoms. The highest BCUT2D eigenvalue weighted by Crippen LogP contribution is 2.32. The number of allylic oxidation sites excluding steroid dienone is 1. The highest BCUT2D eigenvalue weighted by molar-refractivity contribution is 5.05. The fourth-order valence-corrected chi connectivity index (χ4v) is 2.29. The average molecular weight is 152 g/mol. The molecule has 2 fully saturated rings. The van der Waals surface area contributed by atoms with Gasteiger partial charge in [0.1, 0.15) is 0 Å². The first kappa shape index (κ1) is 7.32. The lowest BCUT2D eigenvalue weighted by Gasteiger charge is -2.29. The minimum Gasteiger partial charge on any atom is -0.255 e. The van der Waals surface area contributed by atoms with Crippen LogP contribution in [0.4, 0.5) is 0 Å². The van der Waals surface area contributed by atoms with Gasteiger partial charge in [0.15, 0.2) is 0 Å². The zero-order chi connectivity index (χ0) is 7.84. The molecule has 11 heavy (non-hydrogen) atoms. The topological polar surface area (TPSA) is 15.3 Å². The maximum Gasteiger partial charge on any atom is 0.0287 e. The Balaban J connectivity index is 2.05. The third-order valence-electron chi connectivity index (χ3n) is 2.99. The second-order valence-corrected chi connectivity index (χ2v) is 3.79. The van der Waals surface area contributed by atoms with Crippen LogP contribution in [-0.2, 0) is 0 Å². The summed E-state index contributed by atoms with van der Waals surface area (Å²) in [6.07, 6.45) is 3.77. The van der Waals surface area contributed by atoms with Crippen molar-refractivity contribution in [2.24, 2.45) is 5.92 Å². The number of hydrogen-bond acceptors (Lipinski definition) is 2. The van der Waals surface area contributed by atoms with E-state index in [1.54, 1.807) is 0 Å². The first-order valence-corrected chi connectivity index (χ1v) is 4.40. The van der Waals surface area contributed by atoms with Crippen LogP contribution in [0, 0.1) is 5.92 Å². The molecule has 0 aromatic heterocycles. The number of hydrogen-bond donors (Lipinski definition) is 1. The van der Waals surface area contributed by atoms with Crippen LogP contribution in [-0.4, -0.2) is 24.6 Å². The Morgan fingerprint density at radius 2 is 2.45 bits per heavy atom. The molecule has 1 heterocycles. The smallest absolute Gasteiger partial charge is 0.0287 e. The van der Waals surface area contributed by atoms with E-state index in [9.17, 15) is 0 Å². The SMILES string of the molecule is C=C1CCC2C(CNN2C)C1. The van der Waals surface area contributed by atoms with Gasteiger partial charge in [-0.15, -0.1) is 0 Å². The molecule has 2 nitrogen and oxygen atoms in total. The van der Waals surface area contributed by atoms with Gasteiger partial charge in [-0.25, -0.2) is 5.01 Å². The van der Waals surface area contributed by atoms with E-state index in [-0.39, 0.29) is 0 Å². The standard InChI is InChI=1S/C9H16N2/c1-7-3-4-9-8(5-7)6-10-11(9)2/h8-10H,1,3-6H2,2H3. The van der Waals surface area contributed by atoms with Gasteiger partial charge in [0.25, 0.3) is 0 Å². The van der Waals surface area contributed by atoms with Crippen molar-refractivity contribution in [1.29, 1.82) is 0 Å². The van der Waals surface area contributed by atoms with E-state index in [1.807, 2.05) is 0 Å². The molecule has 2 atom stereocenters. The summed E-state index contributed by atoms with van der Waals surface area (Å²) in [5.41, 5.74) is 4.82. The van der Waals surface area contributed by atoms with E-state index in [0.29, 0.717) is 0 Å². The van der Waals surface area contributed by atoms with Crippen molar-refractivity contribution in [3.05, 3.63) is 12.2 Å². The summed E-state index contributed by atoms with van der Waals surface area (Å²) in [6, 6.07) is 0.778. The van der Waals surface area contributed by atoms with Crippen molar-refractivity contribution in [3.8, 4) is 0 Å². The number of nitrogens with one attached hydrogen (secondary N) is 1. The Hall–Kier alpha value is -0.340. The molecule has 62 valence electrons. The van der Waals surface area contributed by atoms with Gasteiger partial charge in [-0.3, -0.25) is 5.43 Å². The van der Waals surface area contributed by atoms with Gasteiger partial charge in [-0.05, 0) is 25.2 Å².